The minimum atomic E-state index is -0.181. The van der Waals surface area contributed by atoms with Gasteiger partial charge in [0.15, 0.2) is 0 Å². The van der Waals surface area contributed by atoms with Crippen molar-refractivity contribution in [2.24, 2.45) is 0 Å². The highest BCUT2D eigenvalue weighted by atomic mass is 16.5. The van der Waals surface area contributed by atoms with Crippen molar-refractivity contribution in [3.63, 3.8) is 0 Å². The fourth-order valence-corrected chi connectivity index (χ4v) is 1.54. The summed E-state index contributed by atoms with van der Waals surface area (Å²) in [5.41, 5.74) is 0. The van der Waals surface area contributed by atoms with E-state index in [0.29, 0.717) is 19.7 Å². The van der Waals surface area contributed by atoms with Crippen LogP contribution in [-0.4, -0.2) is 43.6 Å². The highest BCUT2D eigenvalue weighted by molar-refractivity contribution is 5.81. The molecule has 0 spiro atoms. The van der Waals surface area contributed by atoms with Gasteiger partial charge in [-0.3, -0.25) is 9.69 Å². The van der Waals surface area contributed by atoms with E-state index in [4.69, 9.17) is 4.74 Å². The SMILES string of the molecule is C=CCNC(=O)C(C)N(C)CCOc1ccccc1. The Balaban J connectivity index is 2.28. The highest BCUT2D eigenvalue weighted by Crippen LogP contribution is 2.08. The summed E-state index contributed by atoms with van der Waals surface area (Å²) in [6.45, 7) is 7.19. The molecule has 1 aromatic rings. The Kier molecular flexibility index (Phi) is 6.68. The van der Waals surface area contributed by atoms with Gasteiger partial charge in [-0.1, -0.05) is 24.3 Å². The molecular weight excluding hydrogens is 240 g/mol. The molecule has 0 aliphatic carbocycles. The van der Waals surface area contributed by atoms with Crippen LogP contribution in [0.1, 0.15) is 6.92 Å². The minimum Gasteiger partial charge on any atom is -0.492 e. The predicted molar refractivity (Wildman–Crippen MR) is 77.2 cm³/mol. The van der Waals surface area contributed by atoms with E-state index in [9.17, 15) is 4.79 Å². The zero-order valence-corrected chi connectivity index (χ0v) is 11.6. The molecule has 19 heavy (non-hydrogen) atoms. The molecule has 1 amide bonds. The first-order valence-corrected chi connectivity index (χ1v) is 6.42. The molecule has 1 rings (SSSR count). The van der Waals surface area contributed by atoms with E-state index in [1.54, 1.807) is 6.08 Å². The lowest BCUT2D eigenvalue weighted by molar-refractivity contribution is -0.125. The smallest absolute Gasteiger partial charge is 0.237 e. The Morgan fingerprint density at radius 1 is 1.47 bits per heavy atom. The number of para-hydroxylation sites is 1. The molecule has 4 heteroatoms. The van der Waals surface area contributed by atoms with E-state index >= 15 is 0 Å². The quantitative estimate of drug-likeness (QED) is 0.725. The summed E-state index contributed by atoms with van der Waals surface area (Å²) in [5.74, 6) is 0.849. The number of likely N-dealkylation sites (N-methyl/N-ethyl adjacent to an activating group) is 1. The number of ether oxygens (including phenoxy) is 1. The molecule has 1 aromatic carbocycles. The zero-order valence-electron chi connectivity index (χ0n) is 11.6. The average Bonchev–Trinajstić information content (AvgIpc) is 2.44. The second kappa shape index (κ2) is 8.32. The second-order valence-electron chi connectivity index (χ2n) is 4.35. The predicted octanol–water partition coefficient (Wildman–Crippen LogP) is 1.69. The van der Waals surface area contributed by atoms with Crippen LogP contribution in [0.2, 0.25) is 0 Å². The van der Waals surface area contributed by atoms with Gasteiger partial charge in [0.2, 0.25) is 5.91 Å². The van der Waals surface area contributed by atoms with Gasteiger partial charge in [-0.25, -0.2) is 0 Å². The first-order chi connectivity index (χ1) is 9.15. The molecule has 0 saturated carbocycles. The number of hydrogen-bond donors (Lipinski definition) is 1. The fraction of sp³-hybridized carbons (Fsp3) is 0.400. The second-order valence-corrected chi connectivity index (χ2v) is 4.35. The molecule has 0 radical (unpaired) electrons. The maximum absolute atomic E-state index is 11.7. The first-order valence-electron chi connectivity index (χ1n) is 6.42. The maximum atomic E-state index is 11.7. The molecule has 0 bridgehead atoms. The van der Waals surface area contributed by atoms with Crippen LogP contribution in [0.3, 0.4) is 0 Å². The van der Waals surface area contributed by atoms with Crippen LogP contribution in [0.15, 0.2) is 43.0 Å². The third kappa shape index (κ3) is 5.57. The summed E-state index contributed by atoms with van der Waals surface area (Å²) >= 11 is 0. The molecule has 0 saturated heterocycles. The number of benzene rings is 1. The summed E-state index contributed by atoms with van der Waals surface area (Å²) in [7, 11) is 1.91. The minimum absolute atomic E-state index is 0.00195. The van der Waals surface area contributed by atoms with E-state index in [0.717, 1.165) is 5.75 Å². The first kappa shape index (κ1) is 15.2. The van der Waals surface area contributed by atoms with Gasteiger partial charge in [-0.15, -0.1) is 6.58 Å². The number of carbonyl (C=O) groups excluding carboxylic acids is 1. The van der Waals surface area contributed by atoms with Crippen molar-refractivity contribution in [1.82, 2.24) is 10.2 Å². The Bertz CT molecular complexity index is 392. The molecule has 104 valence electrons. The normalized spacial score (nSPS) is 11.9. The summed E-state index contributed by atoms with van der Waals surface area (Å²) in [4.78, 5) is 13.7. The largest absolute Gasteiger partial charge is 0.492 e. The van der Waals surface area contributed by atoms with E-state index in [1.807, 2.05) is 49.2 Å². The Labute approximate surface area is 115 Å². The Morgan fingerprint density at radius 3 is 2.79 bits per heavy atom. The van der Waals surface area contributed by atoms with Crippen molar-refractivity contribution in [1.29, 1.82) is 0 Å². The molecule has 0 aliphatic rings. The van der Waals surface area contributed by atoms with Crippen LogP contribution >= 0.6 is 0 Å². The van der Waals surface area contributed by atoms with E-state index < -0.39 is 0 Å². The van der Waals surface area contributed by atoms with Crippen molar-refractivity contribution >= 4 is 5.91 Å². The molecule has 0 heterocycles. The van der Waals surface area contributed by atoms with Gasteiger partial charge >= 0.3 is 0 Å². The molecular formula is C15H22N2O2. The van der Waals surface area contributed by atoms with Gasteiger partial charge in [-0.05, 0) is 26.1 Å². The van der Waals surface area contributed by atoms with Crippen molar-refractivity contribution in [2.45, 2.75) is 13.0 Å². The molecule has 1 atom stereocenters. The zero-order chi connectivity index (χ0) is 14.1. The van der Waals surface area contributed by atoms with E-state index in [-0.39, 0.29) is 11.9 Å². The van der Waals surface area contributed by atoms with Crippen molar-refractivity contribution in [3.8, 4) is 5.75 Å². The lowest BCUT2D eigenvalue weighted by Crippen LogP contribution is -2.44. The van der Waals surface area contributed by atoms with E-state index in [2.05, 4.69) is 11.9 Å². The van der Waals surface area contributed by atoms with Crippen molar-refractivity contribution in [2.75, 3.05) is 26.7 Å². The van der Waals surface area contributed by atoms with E-state index in [1.165, 1.54) is 0 Å². The molecule has 1 unspecified atom stereocenters. The van der Waals surface area contributed by atoms with Crippen LogP contribution in [0.4, 0.5) is 0 Å². The monoisotopic (exact) mass is 262 g/mol. The van der Waals surface area contributed by atoms with Gasteiger partial charge < -0.3 is 10.1 Å². The maximum Gasteiger partial charge on any atom is 0.237 e. The summed E-state index contributed by atoms with van der Waals surface area (Å²) in [6, 6.07) is 9.47. The number of amides is 1. The van der Waals surface area contributed by atoms with Crippen LogP contribution < -0.4 is 10.1 Å². The Morgan fingerprint density at radius 2 is 2.16 bits per heavy atom. The summed E-state index contributed by atoms with van der Waals surface area (Å²) in [6.07, 6.45) is 1.67. The highest BCUT2D eigenvalue weighted by Gasteiger charge is 2.16. The standard InChI is InChI=1S/C15H22N2O2/c1-4-10-16-15(18)13(2)17(3)11-12-19-14-8-6-5-7-9-14/h4-9,13H,1,10-12H2,2-3H3,(H,16,18). The fourth-order valence-electron chi connectivity index (χ4n) is 1.54. The number of rotatable bonds is 8. The number of nitrogens with zero attached hydrogens (tertiary/aromatic N) is 1. The number of carbonyl (C=O) groups is 1. The van der Waals surface area contributed by atoms with Crippen molar-refractivity contribution in [3.05, 3.63) is 43.0 Å². The topological polar surface area (TPSA) is 41.6 Å². The van der Waals surface area contributed by atoms with Crippen LogP contribution in [0.25, 0.3) is 0 Å². The van der Waals surface area contributed by atoms with Crippen LogP contribution in [-0.2, 0) is 4.79 Å². The third-order valence-corrected chi connectivity index (χ3v) is 2.92. The number of hydrogen-bond acceptors (Lipinski definition) is 3. The van der Waals surface area contributed by atoms with Gasteiger partial charge in [0.05, 0.1) is 6.04 Å². The Hall–Kier alpha value is -1.81. The molecule has 0 fully saturated rings. The van der Waals surface area contributed by atoms with Gasteiger partial charge in [-0.2, -0.15) is 0 Å². The lowest BCUT2D eigenvalue weighted by Gasteiger charge is -2.23. The average molecular weight is 262 g/mol. The number of nitrogens with one attached hydrogen (secondary N) is 1. The third-order valence-electron chi connectivity index (χ3n) is 2.92. The lowest BCUT2D eigenvalue weighted by atomic mass is 10.2. The molecule has 0 aliphatic heterocycles. The summed E-state index contributed by atoms with van der Waals surface area (Å²) in [5, 5.41) is 2.78. The van der Waals surface area contributed by atoms with Gasteiger partial charge in [0.1, 0.15) is 12.4 Å². The molecule has 4 nitrogen and oxygen atoms in total. The van der Waals surface area contributed by atoms with Crippen LogP contribution in [0, 0.1) is 0 Å². The molecule has 0 aromatic heterocycles. The van der Waals surface area contributed by atoms with Gasteiger partial charge in [0, 0.05) is 13.1 Å². The van der Waals surface area contributed by atoms with Gasteiger partial charge in [0.25, 0.3) is 0 Å². The van der Waals surface area contributed by atoms with Crippen LogP contribution in [0.5, 0.6) is 5.75 Å². The summed E-state index contributed by atoms with van der Waals surface area (Å²) < 4.78 is 5.60. The van der Waals surface area contributed by atoms with Crippen molar-refractivity contribution < 1.29 is 9.53 Å². The molecule has 1 N–H and O–H groups in total.